The van der Waals surface area contributed by atoms with Crippen LogP contribution in [0.4, 0.5) is 0 Å². The average Bonchev–Trinajstić information content (AvgIpc) is 2.59. The Morgan fingerprint density at radius 1 is 1.57 bits per heavy atom. The number of carboxylic acids is 1. The summed E-state index contributed by atoms with van der Waals surface area (Å²) in [5, 5.41) is 13.6. The summed E-state index contributed by atoms with van der Waals surface area (Å²) in [6.07, 6.45) is 2.97. The number of carbonyl (C=O) groups is 1. The van der Waals surface area contributed by atoms with Gasteiger partial charge in [-0.2, -0.15) is 5.10 Å². The SMILES string of the molecule is CCn1ncc2cc(C(=O)O)cnc21. The number of fused-ring (bicyclic) bond motifs is 1. The van der Waals surface area contributed by atoms with Crippen molar-refractivity contribution in [1.82, 2.24) is 14.8 Å². The number of rotatable bonds is 2. The van der Waals surface area contributed by atoms with Gasteiger partial charge in [0, 0.05) is 18.1 Å². The molecule has 0 unspecified atom stereocenters. The van der Waals surface area contributed by atoms with Gasteiger partial charge in [0.2, 0.25) is 0 Å². The Labute approximate surface area is 80.0 Å². The molecule has 0 amide bonds. The zero-order valence-corrected chi connectivity index (χ0v) is 7.64. The molecular formula is C9H9N3O2. The van der Waals surface area contributed by atoms with E-state index in [4.69, 9.17) is 5.11 Å². The number of hydrogen-bond acceptors (Lipinski definition) is 3. The quantitative estimate of drug-likeness (QED) is 0.773. The first-order valence-corrected chi connectivity index (χ1v) is 4.27. The van der Waals surface area contributed by atoms with Crippen molar-refractivity contribution >= 4 is 17.0 Å². The summed E-state index contributed by atoms with van der Waals surface area (Å²) >= 11 is 0. The third kappa shape index (κ3) is 1.22. The lowest BCUT2D eigenvalue weighted by molar-refractivity contribution is 0.0696. The minimum atomic E-state index is -0.969. The van der Waals surface area contributed by atoms with Crippen LogP contribution in [-0.2, 0) is 6.54 Å². The number of carboxylic acid groups (broad SMARTS) is 1. The van der Waals surface area contributed by atoms with E-state index in [0.717, 1.165) is 17.6 Å². The van der Waals surface area contributed by atoms with Crippen molar-refractivity contribution in [2.45, 2.75) is 13.5 Å². The molecule has 0 aliphatic heterocycles. The minimum Gasteiger partial charge on any atom is -0.478 e. The highest BCUT2D eigenvalue weighted by Gasteiger charge is 2.07. The summed E-state index contributed by atoms with van der Waals surface area (Å²) < 4.78 is 1.72. The number of aryl methyl sites for hydroxylation is 1. The third-order valence-corrected chi connectivity index (χ3v) is 2.02. The molecule has 0 spiro atoms. The van der Waals surface area contributed by atoms with Gasteiger partial charge in [0.25, 0.3) is 0 Å². The highest BCUT2D eigenvalue weighted by atomic mass is 16.4. The molecule has 2 heterocycles. The fourth-order valence-electron chi connectivity index (χ4n) is 1.32. The molecule has 0 fully saturated rings. The van der Waals surface area contributed by atoms with E-state index in [9.17, 15) is 4.79 Å². The summed E-state index contributed by atoms with van der Waals surface area (Å²) in [6.45, 7) is 2.68. The fourth-order valence-corrected chi connectivity index (χ4v) is 1.32. The smallest absolute Gasteiger partial charge is 0.337 e. The van der Waals surface area contributed by atoms with E-state index in [1.807, 2.05) is 6.92 Å². The number of aromatic carboxylic acids is 1. The maximum absolute atomic E-state index is 10.7. The molecule has 1 N–H and O–H groups in total. The van der Waals surface area contributed by atoms with Gasteiger partial charge in [-0.3, -0.25) is 0 Å². The Hall–Kier alpha value is -1.91. The van der Waals surface area contributed by atoms with Crippen LogP contribution in [0.25, 0.3) is 11.0 Å². The molecule has 0 aliphatic carbocycles. The van der Waals surface area contributed by atoms with Crippen molar-refractivity contribution in [1.29, 1.82) is 0 Å². The molecule has 0 aliphatic rings. The average molecular weight is 191 g/mol. The Bertz CT molecular complexity index is 490. The van der Waals surface area contributed by atoms with E-state index in [1.165, 1.54) is 6.20 Å². The molecule has 14 heavy (non-hydrogen) atoms. The first kappa shape index (κ1) is 8.68. The second-order valence-corrected chi connectivity index (χ2v) is 2.90. The van der Waals surface area contributed by atoms with Gasteiger partial charge in [0.05, 0.1) is 11.8 Å². The Morgan fingerprint density at radius 2 is 2.36 bits per heavy atom. The van der Waals surface area contributed by atoms with Crippen LogP contribution in [0.2, 0.25) is 0 Å². The van der Waals surface area contributed by atoms with Crippen molar-refractivity contribution in [2.24, 2.45) is 0 Å². The molecule has 0 radical (unpaired) electrons. The summed E-state index contributed by atoms with van der Waals surface area (Å²) in [6, 6.07) is 1.57. The number of nitrogens with zero attached hydrogens (tertiary/aromatic N) is 3. The summed E-state index contributed by atoms with van der Waals surface area (Å²) in [5.74, 6) is -0.969. The van der Waals surface area contributed by atoms with Crippen LogP contribution >= 0.6 is 0 Å². The molecule has 72 valence electrons. The Balaban J connectivity index is 2.63. The second kappa shape index (κ2) is 3.10. The number of hydrogen-bond donors (Lipinski definition) is 1. The van der Waals surface area contributed by atoms with Gasteiger partial charge >= 0.3 is 5.97 Å². The van der Waals surface area contributed by atoms with Gasteiger partial charge in [0.15, 0.2) is 5.65 Å². The first-order valence-electron chi connectivity index (χ1n) is 4.27. The van der Waals surface area contributed by atoms with E-state index >= 15 is 0 Å². The van der Waals surface area contributed by atoms with Crippen molar-refractivity contribution in [3.63, 3.8) is 0 Å². The van der Waals surface area contributed by atoms with Gasteiger partial charge in [-0.05, 0) is 13.0 Å². The molecule has 5 nitrogen and oxygen atoms in total. The van der Waals surface area contributed by atoms with Crippen LogP contribution in [-0.4, -0.2) is 25.8 Å². The molecular weight excluding hydrogens is 182 g/mol. The zero-order chi connectivity index (χ0) is 10.1. The maximum atomic E-state index is 10.7. The zero-order valence-electron chi connectivity index (χ0n) is 7.64. The summed E-state index contributed by atoms with van der Waals surface area (Å²) in [7, 11) is 0. The lowest BCUT2D eigenvalue weighted by Gasteiger charge is -1.97. The Kier molecular flexibility index (Phi) is 1.92. The third-order valence-electron chi connectivity index (χ3n) is 2.02. The van der Waals surface area contributed by atoms with Crippen molar-refractivity contribution < 1.29 is 9.90 Å². The molecule has 5 heteroatoms. The predicted octanol–water partition coefficient (Wildman–Crippen LogP) is 1.15. The molecule has 0 atom stereocenters. The first-order chi connectivity index (χ1) is 6.72. The topological polar surface area (TPSA) is 68.0 Å². The van der Waals surface area contributed by atoms with Gasteiger partial charge in [-0.25, -0.2) is 14.5 Å². The van der Waals surface area contributed by atoms with Gasteiger partial charge in [-0.15, -0.1) is 0 Å². The standard InChI is InChI=1S/C9H9N3O2/c1-2-12-8-6(5-11-12)3-7(4-10-8)9(13)14/h3-5H,2H2,1H3,(H,13,14). The van der Waals surface area contributed by atoms with Crippen molar-refractivity contribution in [3.8, 4) is 0 Å². The van der Waals surface area contributed by atoms with Crippen molar-refractivity contribution in [2.75, 3.05) is 0 Å². The molecule has 0 bridgehead atoms. The second-order valence-electron chi connectivity index (χ2n) is 2.90. The summed E-state index contributed by atoms with van der Waals surface area (Å²) in [4.78, 5) is 14.7. The van der Waals surface area contributed by atoms with Gasteiger partial charge in [0.1, 0.15) is 0 Å². The molecule has 0 aromatic carbocycles. The highest BCUT2D eigenvalue weighted by Crippen LogP contribution is 2.12. The number of pyridine rings is 1. The normalized spacial score (nSPS) is 10.6. The molecule has 0 saturated heterocycles. The van der Waals surface area contributed by atoms with E-state index in [1.54, 1.807) is 16.9 Å². The largest absolute Gasteiger partial charge is 0.478 e. The maximum Gasteiger partial charge on any atom is 0.337 e. The molecule has 0 saturated carbocycles. The molecule has 2 rings (SSSR count). The van der Waals surface area contributed by atoms with Crippen LogP contribution in [0, 0.1) is 0 Å². The van der Waals surface area contributed by atoms with Gasteiger partial charge < -0.3 is 5.11 Å². The molecule has 2 aromatic rings. The number of aromatic nitrogens is 3. The minimum absolute atomic E-state index is 0.188. The van der Waals surface area contributed by atoms with Crippen LogP contribution in [0.15, 0.2) is 18.5 Å². The van der Waals surface area contributed by atoms with E-state index < -0.39 is 5.97 Å². The van der Waals surface area contributed by atoms with Crippen molar-refractivity contribution in [3.05, 3.63) is 24.0 Å². The van der Waals surface area contributed by atoms with Gasteiger partial charge in [-0.1, -0.05) is 0 Å². The lowest BCUT2D eigenvalue weighted by Crippen LogP contribution is -2.00. The Morgan fingerprint density at radius 3 is 3.00 bits per heavy atom. The van der Waals surface area contributed by atoms with Crippen LogP contribution in [0.3, 0.4) is 0 Å². The van der Waals surface area contributed by atoms with Crippen LogP contribution < -0.4 is 0 Å². The predicted molar refractivity (Wildman–Crippen MR) is 50.2 cm³/mol. The molecule has 2 aromatic heterocycles. The van der Waals surface area contributed by atoms with E-state index in [-0.39, 0.29) is 5.56 Å². The summed E-state index contributed by atoms with van der Waals surface area (Å²) in [5.41, 5.74) is 0.908. The van der Waals surface area contributed by atoms with E-state index in [0.29, 0.717) is 0 Å². The van der Waals surface area contributed by atoms with Crippen LogP contribution in [0.1, 0.15) is 17.3 Å². The lowest BCUT2D eigenvalue weighted by atomic mass is 10.2. The highest BCUT2D eigenvalue weighted by molar-refractivity contribution is 5.91. The fraction of sp³-hybridized carbons (Fsp3) is 0.222. The van der Waals surface area contributed by atoms with E-state index in [2.05, 4.69) is 10.1 Å². The monoisotopic (exact) mass is 191 g/mol. The van der Waals surface area contributed by atoms with Crippen LogP contribution in [0.5, 0.6) is 0 Å².